The number of benzene rings is 2. The Morgan fingerprint density at radius 1 is 0.667 bits per heavy atom. The minimum Gasteiger partial charge on any atom is -0.237 e. The molecule has 0 aliphatic rings. The van der Waals surface area contributed by atoms with Crippen LogP contribution < -0.4 is 5.32 Å². The summed E-state index contributed by atoms with van der Waals surface area (Å²) in [6.07, 6.45) is 3.58. The summed E-state index contributed by atoms with van der Waals surface area (Å²) in [5.41, 5.74) is 2.74. The van der Waals surface area contributed by atoms with Gasteiger partial charge in [-0.15, -0.1) is 0 Å². The predicted octanol–water partition coefficient (Wildman–Crippen LogP) is 3.81. The van der Waals surface area contributed by atoms with E-state index in [2.05, 4.69) is 59.9 Å². The molecule has 2 aromatic rings. The van der Waals surface area contributed by atoms with Gasteiger partial charge in [-0.2, -0.15) is 0 Å². The van der Waals surface area contributed by atoms with Gasteiger partial charge in [-0.3, -0.25) is 0 Å². The zero-order chi connectivity index (χ0) is 12.5. The molecule has 0 unspecified atom stereocenters. The van der Waals surface area contributed by atoms with Gasteiger partial charge in [0.25, 0.3) is 0 Å². The van der Waals surface area contributed by atoms with Crippen LogP contribution in [0, 0.1) is 0 Å². The van der Waals surface area contributed by atoms with E-state index in [0.29, 0.717) is 0 Å². The van der Waals surface area contributed by atoms with Crippen molar-refractivity contribution in [1.29, 1.82) is 0 Å². The van der Waals surface area contributed by atoms with Crippen LogP contribution in [0.5, 0.6) is 0 Å². The molecule has 0 amide bonds. The molecular formula is C17H20N. The Kier molecular flexibility index (Phi) is 5.48. The predicted molar refractivity (Wildman–Crippen MR) is 76.5 cm³/mol. The van der Waals surface area contributed by atoms with Crippen molar-refractivity contribution in [3.8, 4) is 0 Å². The fraction of sp³-hybridized carbons (Fsp3) is 0.294. The molecule has 0 fully saturated rings. The van der Waals surface area contributed by atoms with E-state index in [0.717, 1.165) is 13.1 Å². The Hall–Kier alpha value is -1.60. The minimum absolute atomic E-state index is 0.853. The Balaban J connectivity index is 1.54. The Bertz CT molecular complexity index is 378. The van der Waals surface area contributed by atoms with Crippen LogP contribution in [0.1, 0.15) is 24.0 Å². The molecule has 0 aromatic heterocycles. The number of aryl methyl sites for hydroxylation is 1. The molecule has 2 aromatic carbocycles. The van der Waals surface area contributed by atoms with Crippen LogP contribution >= 0.6 is 0 Å². The van der Waals surface area contributed by atoms with E-state index in [9.17, 15) is 0 Å². The second kappa shape index (κ2) is 7.67. The van der Waals surface area contributed by atoms with Gasteiger partial charge in [0.15, 0.2) is 0 Å². The molecule has 2 rings (SSSR count). The van der Waals surface area contributed by atoms with Gasteiger partial charge >= 0.3 is 0 Å². The van der Waals surface area contributed by atoms with Gasteiger partial charge in [0, 0.05) is 13.1 Å². The molecule has 93 valence electrons. The van der Waals surface area contributed by atoms with Crippen LogP contribution in [0.25, 0.3) is 0 Å². The van der Waals surface area contributed by atoms with Gasteiger partial charge < -0.3 is 0 Å². The van der Waals surface area contributed by atoms with E-state index < -0.39 is 0 Å². The number of unbranched alkanes of at least 4 members (excludes halogenated alkanes) is 1. The lowest BCUT2D eigenvalue weighted by Gasteiger charge is -2.03. The summed E-state index contributed by atoms with van der Waals surface area (Å²) in [7, 11) is 0. The van der Waals surface area contributed by atoms with Gasteiger partial charge in [-0.05, 0) is 30.4 Å². The number of hydrogen-bond donors (Lipinski definition) is 0. The largest absolute Gasteiger partial charge is 0.237 e. The average Bonchev–Trinajstić information content (AvgIpc) is 2.45. The van der Waals surface area contributed by atoms with Gasteiger partial charge in [0.1, 0.15) is 0 Å². The lowest BCUT2D eigenvalue weighted by Crippen LogP contribution is -2.06. The molecule has 0 atom stereocenters. The molecule has 1 heteroatoms. The Morgan fingerprint density at radius 3 is 1.94 bits per heavy atom. The van der Waals surface area contributed by atoms with Crippen LogP contribution in [0.3, 0.4) is 0 Å². The first-order valence-electron chi connectivity index (χ1n) is 6.66. The highest BCUT2D eigenvalue weighted by Crippen LogP contribution is 2.04. The van der Waals surface area contributed by atoms with Crippen LogP contribution in [0.15, 0.2) is 60.7 Å². The quantitative estimate of drug-likeness (QED) is 0.651. The third kappa shape index (κ3) is 4.72. The van der Waals surface area contributed by atoms with Crippen molar-refractivity contribution >= 4 is 0 Å². The first kappa shape index (κ1) is 12.8. The molecule has 0 saturated carbocycles. The third-order valence-electron chi connectivity index (χ3n) is 3.01. The summed E-state index contributed by atoms with van der Waals surface area (Å²) in [5, 5.41) is 4.57. The fourth-order valence-electron chi connectivity index (χ4n) is 1.99. The topological polar surface area (TPSA) is 14.1 Å². The molecule has 0 N–H and O–H groups in total. The van der Waals surface area contributed by atoms with Crippen molar-refractivity contribution < 1.29 is 0 Å². The lowest BCUT2D eigenvalue weighted by molar-refractivity contribution is 0.612. The molecule has 18 heavy (non-hydrogen) atoms. The maximum Gasteiger partial charge on any atom is 0.0384 e. The summed E-state index contributed by atoms with van der Waals surface area (Å²) in [5.74, 6) is 0. The second-order valence-corrected chi connectivity index (χ2v) is 4.53. The fourth-order valence-corrected chi connectivity index (χ4v) is 1.99. The Morgan fingerprint density at radius 2 is 1.28 bits per heavy atom. The van der Waals surface area contributed by atoms with Crippen molar-refractivity contribution in [3.63, 3.8) is 0 Å². The highest BCUT2D eigenvalue weighted by molar-refractivity contribution is 5.15. The average molecular weight is 238 g/mol. The normalized spacial score (nSPS) is 10.4. The van der Waals surface area contributed by atoms with E-state index >= 15 is 0 Å². The molecule has 0 aliphatic carbocycles. The molecule has 0 bridgehead atoms. The zero-order valence-electron chi connectivity index (χ0n) is 10.8. The van der Waals surface area contributed by atoms with Crippen LogP contribution in [0.4, 0.5) is 0 Å². The molecule has 0 spiro atoms. The van der Waals surface area contributed by atoms with Crippen LogP contribution in [-0.4, -0.2) is 6.54 Å². The third-order valence-corrected chi connectivity index (χ3v) is 3.01. The van der Waals surface area contributed by atoms with E-state index in [-0.39, 0.29) is 0 Å². The van der Waals surface area contributed by atoms with Crippen molar-refractivity contribution in [1.82, 2.24) is 5.32 Å². The maximum atomic E-state index is 4.57. The number of hydrogen-bond acceptors (Lipinski definition) is 0. The highest BCUT2D eigenvalue weighted by Gasteiger charge is 1.94. The SMILES string of the molecule is c1ccc(CCCC[N]Cc2ccccc2)cc1. The highest BCUT2D eigenvalue weighted by atomic mass is 14.8. The van der Waals surface area contributed by atoms with E-state index in [4.69, 9.17) is 0 Å². The van der Waals surface area contributed by atoms with E-state index in [1.54, 1.807) is 0 Å². The summed E-state index contributed by atoms with van der Waals surface area (Å²) >= 11 is 0. The number of rotatable bonds is 7. The van der Waals surface area contributed by atoms with Gasteiger partial charge in [-0.25, -0.2) is 5.32 Å². The Labute approximate surface area is 110 Å². The van der Waals surface area contributed by atoms with Crippen LogP contribution in [-0.2, 0) is 13.0 Å². The molecule has 0 saturated heterocycles. The van der Waals surface area contributed by atoms with Crippen molar-refractivity contribution in [2.45, 2.75) is 25.8 Å². The molecule has 0 aliphatic heterocycles. The van der Waals surface area contributed by atoms with Gasteiger partial charge in [0.05, 0.1) is 0 Å². The monoisotopic (exact) mass is 238 g/mol. The summed E-state index contributed by atoms with van der Waals surface area (Å²) in [6.45, 7) is 1.83. The molecule has 1 radical (unpaired) electrons. The second-order valence-electron chi connectivity index (χ2n) is 4.53. The maximum absolute atomic E-state index is 4.57. The first-order chi connectivity index (χ1) is 8.95. The summed E-state index contributed by atoms with van der Waals surface area (Å²) in [6, 6.07) is 21.1. The molecule has 0 heterocycles. The molecular weight excluding hydrogens is 218 g/mol. The van der Waals surface area contributed by atoms with Crippen LogP contribution in [0.2, 0.25) is 0 Å². The van der Waals surface area contributed by atoms with E-state index in [1.165, 1.54) is 30.4 Å². The lowest BCUT2D eigenvalue weighted by atomic mass is 10.1. The molecule has 1 nitrogen and oxygen atoms in total. The standard InChI is InChI=1S/C17H20N/c1-3-9-16(10-4-1)11-7-8-14-18-15-17-12-5-2-6-13-17/h1-6,9-10,12-13H,7-8,11,14-15H2. The van der Waals surface area contributed by atoms with Crippen molar-refractivity contribution in [3.05, 3.63) is 71.8 Å². The van der Waals surface area contributed by atoms with Gasteiger partial charge in [-0.1, -0.05) is 60.7 Å². The first-order valence-corrected chi connectivity index (χ1v) is 6.66. The summed E-state index contributed by atoms with van der Waals surface area (Å²) < 4.78 is 0. The van der Waals surface area contributed by atoms with Crippen molar-refractivity contribution in [2.75, 3.05) is 6.54 Å². The van der Waals surface area contributed by atoms with Gasteiger partial charge in [0.2, 0.25) is 0 Å². The van der Waals surface area contributed by atoms with E-state index in [1.807, 2.05) is 6.07 Å². The van der Waals surface area contributed by atoms with Crippen molar-refractivity contribution in [2.24, 2.45) is 0 Å². The smallest absolute Gasteiger partial charge is 0.0384 e. The summed E-state index contributed by atoms with van der Waals surface area (Å²) in [4.78, 5) is 0. The minimum atomic E-state index is 0.853. The number of nitrogens with zero attached hydrogens (tertiary/aromatic N) is 1. The zero-order valence-corrected chi connectivity index (χ0v) is 10.8.